The number of amides is 1. The van der Waals surface area contributed by atoms with Gasteiger partial charge in [0.05, 0.1) is 0 Å². The molecule has 0 unspecified atom stereocenters. The molecule has 2 aromatic carbocycles. The van der Waals surface area contributed by atoms with Crippen LogP contribution in [0.3, 0.4) is 0 Å². The molecule has 1 N–H and O–H groups in total. The van der Waals surface area contributed by atoms with E-state index < -0.39 is 0 Å². The number of aryl methyl sites for hydroxylation is 1. The average Bonchev–Trinajstić information content (AvgIpc) is 2.69. The van der Waals surface area contributed by atoms with Crippen molar-refractivity contribution in [2.75, 3.05) is 13.1 Å². The maximum absolute atomic E-state index is 13.0. The third-order valence-electron chi connectivity index (χ3n) is 5.38. The van der Waals surface area contributed by atoms with Gasteiger partial charge in [0.15, 0.2) is 0 Å². The highest BCUT2D eigenvalue weighted by Crippen LogP contribution is 2.20. The quantitative estimate of drug-likeness (QED) is 0.795. The minimum Gasteiger partial charge on any atom is -0.353 e. The Morgan fingerprint density at radius 2 is 1.74 bits per heavy atom. The zero-order valence-corrected chi connectivity index (χ0v) is 16.0. The molecule has 0 bridgehead atoms. The Kier molecular flexibility index (Phi) is 6.99. The number of likely N-dealkylation sites (tertiary alicyclic amines) is 1. The lowest BCUT2D eigenvalue weighted by atomic mass is 9.95. The number of hydrogen-bond donors (Lipinski definition) is 1. The number of halogens is 1. The second-order valence-electron chi connectivity index (χ2n) is 7.61. The SMILES string of the molecule is C[C@H](CCc1ccccc1)NC(=O)C1CCN(Cc2ccc(F)cc2)CC1. The van der Waals surface area contributed by atoms with Crippen molar-refractivity contribution in [3.8, 4) is 0 Å². The predicted octanol–water partition coefficient (Wildman–Crippen LogP) is 4.18. The van der Waals surface area contributed by atoms with E-state index in [0.717, 1.165) is 50.9 Å². The number of nitrogens with one attached hydrogen (secondary N) is 1. The Labute approximate surface area is 161 Å². The van der Waals surface area contributed by atoms with Gasteiger partial charge in [0.1, 0.15) is 5.82 Å². The van der Waals surface area contributed by atoms with Gasteiger partial charge in [0.25, 0.3) is 0 Å². The van der Waals surface area contributed by atoms with E-state index in [9.17, 15) is 9.18 Å². The number of nitrogens with zero attached hydrogens (tertiary/aromatic N) is 1. The molecule has 1 aliphatic heterocycles. The molecule has 0 aliphatic carbocycles. The lowest BCUT2D eigenvalue weighted by molar-refractivity contribution is -0.127. The van der Waals surface area contributed by atoms with E-state index in [0.29, 0.717) is 0 Å². The zero-order valence-electron chi connectivity index (χ0n) is 16.0. The van der Waals surface area contributed by atoms with Crippen molar-refractivity contribution in [2.45, 2.75) is 45.2 Å². The maximum Gasteiger partial charge on any atom is 0.223 e. The van der Waals surface area contributed by atoms with Crippen molar-refractivity contribution in [2.24, 2.45) is 5.92 Å². The number of rotatable bonds is 7. The lowest BCUT2D eigenvalue weighted by Gasteiger charge is -2.32. The summed E-state index contributed by atoms with van der Waals surface area (Å²) >= 11 is 0. The monoisotopic (exact) mass is 368 g/mol. The standard InChI is InChI=1S/C23H29FN2O/c1-18(7-8-19-5-3-2-4-6-19)25-23(27)21-13-15-26(16-14-21)17-20-9-11-22(24)12-10-20/h2-6,9-12,18,21H,7-8,13-17H2,1H3,(H,25,27)/t18-/m1/s1. The Balaban J connectivity index is 1.38. The second kappa shape index (κ2) is 9.65. The van der Waals surface area contributed by atoms with Gasteiger partial charge in [-0.15, -0.1) is 0 Å². The summed E-state index contributed by atoms with van der Waals surface area (Å²) in [4.78, 5) is 14.9. The van der Waals surface area contributed by atoms with Crippen molar-refractivity contribution in [1.29, 1.82) is 0 Å². The van der Waals surface area contributed by atoms with Crippen LogP contribution in [-0.2, 0) is 17.8 Å². The Bertz CT molecular complexity index is 709. The van der Waals surface area contributed by atoms with Gasteiger partial charge >= 0.3 is 0 Å². The van der Waals surface area contributed by atoms with Crippen molar-refractivity contribution >= 4 is 5.91 Å². The fourth-order valence-corrected chi connectivity index (χ4v) is 3.66. The topological polar surface area (TPSA) is 32.3 Å². The fraction of sp³-hybridized carbons (Fsp3) is 0.435. The Hall–Kier alpha value is -2.20. The summed E-state index contributed by atoms with van der Waals surface area (Å²) in [5.74, 6) is 0.0983. The van der Waals surface area contributed by atoms with E-state index >= 15 is 0 Å². The van der Waals surface area contributed by atoms with Crippen molar-refractivity contribution in [3.05, 3.63) is 71.5 Å². The van der Waals surface area contributed by atoms with Crippen LogP contribution in [-0.4, -0.2) is 29.9 Å². The highest BCUT2D eigenvalue weighted by molar-refractivity contribution is 5.79. The van der Waals surface area contributed by atoms with Crippen molar-refractivity contribution in [1.82, 2.24) is 10.2 Å². The molecular formula is C23H29FN2O. The molecule has 0 saturated carbocycles. The first-order chi connectivity index (χ1) is 13.1. The van der Waals surface area contributed by atoms with Crippen LogP contribution in [0.1, 0.15) is 37.3 Å². The maximum atomic E-state index is 13.0. The molecule has 1 aliphatic rings. The van der Waals surface area contributed by atoms with Gasteiger partial charge in [0, 0.05) is 18.5 Å². The first kappa shape index (κ1) is 19.6. The van der Waals surface area contributed by atoms with E-state index in [1.807, 2.05) is 18.2 Å². The van der Waals surface area contributed by atoms with Crippen LogP contribution in [0.4, 0.5) is 4.39 Å². The first-order valence-electron chi connectivity index (χ1n) is 9.91. The van der Waals surface area contributed by atoms with Gasteiger partial charge in [0.2, 0.25) is 5.91 Å². The third-order valence-corrected chi connectivity index (χ3v) is 5.38. The molecule has 1 heterocycles. The van der Waals surface area contributed by atoms with Gasteiger partial charge in [-0.2, -0.15) is 0 Å². The molecule has 4 heteroatoms. The first-order valence-corrected chi connectivity index (χ1v) is 9.91. The van der Waals surface area contributed by atoms with E-state index in [-0.39, 0.29) is 23.7 Å². The van der Waals surface area contributed by atoms with Crippen LogP contribution >= 0.6 is 0 Å². The summed E-state index contributed by atoms with van der Waals surface area (Å²) in [7, 11) is 0. The molecule has 0 aromatic heterocycles. The summed E-state index contributed by atoms with van der Waals surface area (Å²) in [6.07, 6.45) is 3.72. The van der Waals surface area contributed by atoms with Gasteiger partial charge in [-0.25, -0.2) is 4.39 Å². The van der Waals surface area contributed by atoms with Crippen LogP contribution in [0.5, 0.6) is 0 Å². The molecule has 1 saturated heterocycles. The van der Waals surface area contributed by atoms with Crippen LogP contribution in [0.25, 0.3) is 0 Å². The molecule has 3 rings (SSSR count). The molecule has 1 fully saturated rings. The Morgan fingerprint density at radius 1 is 1.07 bits per heavy atom. The molecular weight excluding hydrogens is 339 g/mol. The molecule has 3 nitrogen and oxygen atoms in total. The molecule has 1 atom stereocenters. The number of piperidine rings is 1. The minimum absolute atomic E-state index is 0.105. The van der Waals surface area contributed by atoms with Crippen molar-refractivity contribution in [3.63, 3.8) is 0 Å². The van der Waals surface area contributed by atoms with Crippen LogP contribution < -0.4 is 5.32 Å². The molecule has 0 spiro atoms. The largest absolute Gasteiger partial charge is 0.353 e. The Morgan fingerprint density at radius 3 is 2.41 bits per heavy atom. The molecule has 27 heavy (non-hydrogen) atoms. The number of carbonyl (C=O) groups excluding carboxylic acids is 1. The van der Waals surface area contributed by atoms with Gasteiger partial charge in [-0.05, 0) is 69.0 Å². The summed E-state index contributed by atoms with van der Waals surface area (Å²) in [6, 6.07) is 17.3. The molecule has 0 radical (unpaired) electrons. The van der Waals surface area contributed by atoms with Crippen LogP contribution in [0, 0.1) is 11.7 Å². The summed E-state index contributed by atoms with van der Waals surface area (Å²) in [6.45, 7) is 4.73. The highest BCUT2D eigenvalue weighted by atomic mass is 19.1. The predicted molar refractivity (Wildman–Crippen MR) is 107 cm³/mol. The van der Waals surface area contributed by atoms with Gasteiger partial charge < -0.3 is 5.32 Å². The van der Waals surface area contributed by atoms with Gasteiger partial charge in [-0.1, -0.05) is 42.5 Å². The third kappa shape index (κ3) is 6.17. The number of carbonyl (C=O) groups is 1. The number of benzene rings is 2. The van der Waals surface area contributed by atoms with Crippen LogP contribution in [0.15, 0.2) is 54.6 Å². The zero-order chi connectivity index (χ0) is 19.1. The highest BCUT2D eigenvalue weighted by Gasteiger charge is 2.25. The van der Waals surface area contributed by atoms with Gasteiger partial charge in [-0.3, -0.25) is 9.69 Å². The lowest BCUT2D eigenvalue weighted by Crippen LogP contribution is -2.43. The molecule has 144 valence electrons. The number of hydrogen-bond acceptors (Lipinski definition) is 2. The minimum atomic E-state index is -0.199. The second-order valence-corrected chi connectivity index (χ2v) is 7.61. The summed E-state index contributed by atoms with van der Waals surface area (Å²) in [5.41, 5.74) is 2.43. The van der Waals surface area contributed by atoms with E-state index in [1.54, 1.807) is 0 Å². The summed E-state index contributed by atoms with van der Waals surface area (Å²) in [5, 5.41) is 3.19. The fourth-order valence-electron chi connectivity index (χ4n) is 3.66. The molecule has 2 aromatic rings. The van der Waals surface area contributed by atoms with Crippen molar-refractivity contribution < 1.29 is 9.18 Å². The summed E-state index contributed by atoms with van der Waals surface area (Å²) < 4.78 is 13.0. The van der Waals surface area contributed by atoms with E-state index in [1.165, 1.54) is 17.7 Å². The average molecular weight is 368 g/mol. The van der Waals surface area contributed by atoms with E-state index in [2.05, 4.69) is 41.4 Å². The molecule has 1 amide bonds. The van der Waals surface area contributed by atoms with E-state index in [4.69, 9.17) is 0 Å². The van der Waals surface area contributed by atoms with Crippen LogP contribution in [0.2, 0.25) is 0 Å². The normalized spacial score (nSPS) is 16.8. The smallest absolute Gasteiger partial charge is 0.223 e.